The zero-order valence-corrected chi connectivity index (χ0v) is 15.8. The molecule has 0 unspecified atom stereocenters. The number of rotatable bonds is 6. The topological polar surface area (TPSA) is 56.1 Å². The SMILES string of the molecule is O=C(COc1ccc(Cl)cc1)Nc1nn(Cc2ccc(F)cc2)cc1Br. The summed E-state index contributed by atoms with van der Waals surface area (Å²) in [7, 11) is 0. The minimum absolute atomic E-state index is 0.154. The monoisotopic (exact) mass is 437 g/mol. The van der Waals surface area contributed by atoms with Gasteiger partial charge in [-0.2, -0.15) is 5.10 Å². The van der Waals surface area contributed by atoms with Gasteiger partial charge >= 0.3 is 0 Å². The van der Waals surface area contributed by atoms with Crippen LogP contribution in [0.25, 0.3) is 0 Å². The Bertz CT molecular complexity index is 898. The first-order chi connectivity index (χ1) is 12.5. The number of nitrogens with one attached hydrogen (secondary N) is 1. The van der Waals surface area contributed by atoms with Crippen LogP contribution < -0.4 is 10.1 Å². The van der Waals surface area contributed by atoms with Gasteiger partial charge in [-0.05, 0) is 57.9 Å². The Morgan fingerprint density at radius 1 is 1.19 bits per heavy atom. The lowest BCUT2D eigenvalue weighted by atomic mass is 10.2. The number of ether oxygens (including phenoxy) is 1. The molecule has 0 aliphatic heterocycles. The van der Waals surface area contributed by atoms with Crippen molar-refractivity contribution in [1.82, 2.24) is 9.78 Å². The third-order valence-electron chi connectivity index (χ3n) is 3.42. The molecule has 0 radical (unpaired) electrons. The summed E-state index contributed by atoms with van der Waals surface area (Å²) in [5.41, 5.74) is 0.894. The van der Waals surface area contributed by atoms with Gasteiger partial charge in [0, 0.05) is 11.2 Å². The summed E-state index contributed by atoms with van der Waals surface area (Å²) in [4.78, 5) is 12.0. The van der Waals surface area contributed by atoms with Crippen molar-refractivity contribution in [3.05, 3.63) is 75.6 Å². The van der Waals surface area contributed by atoms with Crippen LogP contribution in [-0.2, 0) is 11.3 Å². The van der Waals surface area contributed by atoms with E-state index in [1.807, 2.05) is 0 Å². The maximum absolute atomic E-state index is 13.0. The van der Waals surface area contributed by atoms with Crippen LogP contribution in [0.5, 0.6) is 5.75 Å². The van der Waals surface area contributed by atoms with Crippen LogP contribution in [-0.4, -0.2) is 22.3 Å². The summed E-state index contributed by atoms with van der Waals surface area (Å²) in [5, 5.41) is 7.58. The molecule has 134 valence electrons. The lowest BCUT2D eigenvalue weighted by molar-refractivity contribution is -0.118. The Balaban J connectivity index is 1.57. The molecule has 0 spiro atoms. The fraction of sp³-hybridized carbons (Fsp3) is 0.111. The van der Waals surface area contributed by atoms with Gasteiger partial charge in [-0.3, -0.25) is 9.48 Å². The third-order valence-corrected chi connectivity index (χ3v) is 4.25. The molecule has 8 heteroatoms. The number of nitrogens with zero attached hydrogens (tertiary/aromatic N) is 2. The molecule has 0 aliphatic rings. The Morgan fingerprint density at radius 3 is 2.58 bits per heavy atom. The Kier molecular flexibility index (Phi) is 5.90. The highest BCUT2D eigenvalue weighted by Crippen LogP contribution is 2.21. The van der Waals surface area contributed by atoms with E-state index in [1.165, 1.54) is 12.1 Å². The van der Waals surface area contributed by atoms with E-state index in [9.17, 15) is 9.18 Å². The predicted molar refractivity (Wildman–Crippen MR) is 101 cm³/mol. The second-order valence-electron chi connectivity index (χ2n) is 5.44. The molecular formula is C18H14BrClFN3O2. The number of anilines is 1. The first-order valence-electron chi connectivity index (χ1n) is 7.65. The highest BCUT2D eigenvalue weighted by atomic mass is 79.9. The van der Waals surface area contributed by atoms with Crippen LogP contribution >= 0.6 is 27.5 Å². The zero-order chi connectivity index (χ0) is 18.5. The van der Waals surface area contributed by atoms with Crippen molar-refractivity contribution in [2.24, 2.45) is 0 Å². The number of carbonyl (C=O) groups is 1. The summed E-state index contributed by atoms with van der Waals surface area (Å²) in [5.74, 6) is 0.305. The van der Waals surface area contributed by atoms with E-state index in [0.29, 0.717) is 27.6 Å². The molecule has 0 fully saturated rings. The Labute approximate surface area is 162 Å². The first-order valence-corrected chi connectivity index (χ1v) is 8.82. The van der Waals surface area contributed by atoms with Crippen LogP contribution in [0.1, 0.15) is 5.56 Å². The van der Waals surface area contributed by atoms with Gasteiger partial charge in [0.1, 0.15) is 11.6 Å². The summed E-state index contributed by atoms with van der Waals surface area (Å²) in [6.45, 7) is 0.301. The van der Waals surface area contributed by atoms with Crippen LogP contribution in [0.4, 0.5) is 10.2 Å². The quantitative estimate of drug-likeness (QED) is 0.616. The summed E-state index contributed by atoms with van der Waals surface area (Å²) >= 11 is 9.16. The number of hydrogen-bond acceptors (Lipinski definition) is 3. The summed E-state index contributed by atoms with van der Waals surface area (Å²) < 4.78 is 20.6. The van der Waals surface area contributed by atoms with Gasteiger partial charge in [0.25, 0.3) is 5.91 Å². The molecule has 1 N–H and O–H groups in total. The first kappa shape index (κ1) is 18.4. The van der Waals surface area contributed by atoms with E-state index in [4.69, 9.17) is 16.3 Å². The molecule has 0 atom stereocenters. The van der Waals surface area contributed by atoms with Crippen molar-refractivity contribution >= 4 is 39.3 Å². The van der Waals surface area contributed by atoms with Gasteiger partial charge in [-0.1, -0.05) is 23.7 Å². The normalized spacial score (nSPS) is 10.6. The second kappa shape index (κ2) is 8.33. The third kappa shape index (κ3) is 5.06. The van der Waals surface area contributed by atoms with Gasteiger partial charge < -0.3 is 10.1 Å². The van der Waals surface area contributed by atoms with Gasteiger partial charge in [0.15, 0.2) is 12.4 Å². The average molecular weight is 439 g/mol. The van der Waals surface area contributed by atoms with E-state index in [0.717, 1.165) is 5.56 Å². The number of hydrogen-bond donors (Lipinski definition) is 1. The van der Waals surface area contributed by atoms with E-state index in [-0.39, 0.29) is 18.3 Å². The Morgan fingerprint density at radius 2 is 1.88 bits per heavy atom. The number of amides is 1. The molecule has 3 aromatic rings. The van der Waals surface area contributed by atoms with E-state index < -0.39 is 0 Å². The lowest BCUT2D eigenvalue weighted by Crippen LogP contribution is -2.20. The lowest BCUT2D eigenvalue weighted by Gasteiger charge is -2.06. The molecule has 0 saturated heterocycles. The van der Waals surface area contributed by atoms with Crippen molar-refractivity contribution in [3.63, 3.8) is 0 Å². The van der Waals surface area contributed by atoms with Crippen LogP contribution in [0.15, 0.2) is 59.2 Å². The second-order valence-corrected chi connectivity index (χ2v) is 6.73. The van der Waals surface area contributed by atoms with E-state index in [1.54, 1.807) is 47.3 Å². The molecule has 3 rings (SSSR count). The smallest absolute Gasteiger partial charge is 0.263 e. The minimum Gasteiger partial charge on any atom is -0.484 e. The molecule has 1 amide bonds. The van der Waals surface area contributed by atoms with Crippen molar-refractivity contribution in [1.29, 1.82) is 0 Å². The molecule has 0 aliphatic carbocycles. The van der Waals surface area contributed by atoms with Crippen molar-refractivity contribution < 1.29 is 13.9 Å². The largest absolute Gasteiger partial charge is 0.484 e. The van der Waals surface area contributed by atoms with Gasteiger partial charge in [-0.25, -0.2) is 4.39 Å². The fourth-order valence-electron chi connectivity index (χ4n) is 2.19. The van der Waals surface area contributed by atoms with Gasteiger partial charge in [0.2, 0.25) is 0 Å². The Hall–Kier alpha value is -2.38. The highest BCUT2D eigenvalue weighted by molar-refractivity contribution is 9.10. The van der Waals surface area contributed by atoms with Gasteiger partial charge in [0.05, 0.1) is 11.0 Å². The molecular weight excluding hydrogens is 425 g/mol. The number of halogens is 3. The zero-order valence-electron chi connectivity index (χ0n) is 13.5. The molecule has 0 bridgehead atoms. The standard InChI is InChI=1S/C18H14BrClFN3O2/c19-16-10-24(9-12-1-5-14(21)6-2-12)23-18(16)22-17(25)11-26-15-7-3-13(20)4-8-15/h1-8,10H,9,11H2,(H,22,23,25). The van der Waals surface area contributed by atoms with Crippen molar-refractivity contribution in [2.75, 3.05) is 11.9 Å². The molecule has 1 aromatic heterocycles. The maximum Gasteiger partial charge on any atom is 0.263 e. The molecule has 26 heavy (non-hydrogen) atoms. The predicted octanol–water partition coefficient (Wildman–Crippen LogP) is 4.50. The fourth-order valence-corrected chi connectivity index (χ4v) is 2.73. The van der Waals surface area contributed by atoms with Crippen LogP contribution in [0.2, 0.25) is 5.02 Å². The number of benzene rings is 2. The van der Waals surface area contributed by atoms with Crippen LogP contribution in [0.3, 0.4) is 0 Å². The van der Waals surface area contributed by atoms with Crippen molar-refractivity contribution in [3.8, 4) is 5.75 Å². The summed E-state index contributed by atoms with van der Waals surface area (Å²) in [6, 6.07) is 12.9. The highest BCUT2D eigenvalue weighted by Gasteiger charge is 2.11. The summed E-state index contributed by atoms with van der Waals surface area (Å²) in [6.07, 6.45) is 1.74. The van der Waals surface area contributed by atoms with E-state index in [2.05, 4.69) is 26.3 Å². The molecule has 1 heterocycles. The molecule has 2 aromatic carbocycles. The van der Waals surface area contributed by atoms with Crippen LogP contribution in [0, 0.1) is 5.82 Å². The number of carbonyl (C=O) groups excluding carboxylic acids is 1. The molecule has 5 nitrogen and oxygen atoms in total. The maximum atomic E-state index is 13.0. The van der Waals surface area contributed by atoms with E-state index >= 15 is 0 Å². The van der Waals surface area contributed by atoms with Gasteiger partial charge in [-0.15, -0.1) is 0 Å². The number of aromatic nitrogens is 2. The minimum atomic E-state index is -0.340. The molecule has 0 saturated carbocycles. The average Bonchev–Trinajstić information content (AvgIpc) is 2.95. The van der Waals surface area contributed by atoms with Crippen molar-refractivity contribution in [2.45, 2.75) is 6.54 Å².